The van der Waals surface area contributed by atoms with Crippen LogP contribution in [-0.4, -0.2) is 17.5 Å². The third-order valence-electron chi connectivity index (χ3n) is 3.06. The molecule has 0 unspecified atom stereocenters. The van der Waals surface area contributed by atoms with E-state index in [1.165, 1.54) is 0 Å². The fourth-order valence-electron chi connectivity index (χ4n) is 1.94. The van der Waals surface area contributed by atoms with E-state index in [9.17, 15) is 4.79 Å². The molecule has 1 N–H and O–H groups in total. The van der Waals surface area contributed by atoms with Crippen LogP contribution in [0.15, 0.2) is 53.0 Å². The molecule has 0 spiro atoms. The van der Waals surface area contributed by atoms with E-state index in [0.717, 1.165) is 21.3 Å². The first-order chi connectivity index (χ1) is 10.2. The normalized spacial score (nSPS) is 10.4. The fraction of sp³-hybridized carbons (Fsp3) is 0.235. The zero-order chi connectivity index (χ0) is 15.1. The average Bonchev–Trinajstić information content (AvgIpc) is 2.52. The van der Waals surface area contributed by atoms with Crippen molar-refractivity contribution in [2.75, 3.05) is 6.61 Å². The molecule has 0 radical (unpaired) electrons. The summed E-state index contributed by atoms with van der Waals surface area (Å²) in [6, 6.07) is 14.7. The number of aliphatic hydroxyl groups is 1. The lowest BCUT2D eigenvalue weighted by molar-refractivity contribution is 0.0973. The number of benzene rings is 2. The monoisotopic (exact) mass is 348 g/mol. The molecular weight excluding hydrogens is 332 g/mol. The van der Waals surface area contributed by atoms with Crippen molar-refractivity contribution in [1.82, 2.24) is 0 Å². The minimum atomic E-state index is -0.000741. The molecule has 0 aromatic heterocycles. The number of halogens is 1. The van der Waals surface area contributed by atoms with Gasteiger partial charge in [0.25, 0.3) is 0 Å². The Labute approximate surface area is 132 Å². The molecule has 2 aromatic carbocycles. The Morgan fingerprint density at radius 1 is 1.14 bits per heavy atom. The van der Waals surface area contributed by atoms with E-state index in [1.807, 2.05) is 42.5 Å². The van der Waals surface area contributed by atoms with Gasteiger partial charge >= 0.3 is 0 Å². The van der Waals surface area contributed by atoms with Gasteiger partial charge in [0.2, 0.25) is 0 Å². The van der Waals surface area contributed by atoms with Gasteiger partial charge in [-0.15, -0.1) is 0 Å². The fourth-order valence-corrected chi connectivity index (χ4v) is 2.20. The molecular formula is C17H17BrO3. The lowest BCUT2D eigenvalue weighted by atomic mass is 10.1. The summed E-state index contributed by atoms with van der Waals surface area (Å²) in [5.41, 5.74) is 1.54. The van der Waals surface area contributed by atoms with Crippen LogP contribution in [0.5, 0.6) is 5.75 Å². The average molecular weight is 349 g/mol. The first-order valence-corrected chi connectivity index (χ1v) is 7.59. The molecule has 0 aliphatic rings. The molecule has 0 saturated carbocycles. The molecule has 0 amide bonds. The summed E-state index contributed by atoms with van der Waals surface area (Å²) < 4.78 is 6.55. The van der Waals surface area contributed by atoms with Crippen molar-refractivity contribution in [3.05, 3.63) is 64.1 Å². The summed E-state index contributed by atoms with van der Waals surface area (Å²) in [7, 11) is 0. The Balaban J connectivity index is 1.76. The Morgan fingerprint density at radius 2 is 1.90 bits per heavy atom. The molecule has 2 aromatic rings. The SMILES string of the molecule is O=C(CCCOc1cccc(CO)c1)c1ccc(Br)cc1. The Morgan fingerprint density at radius 3 is 2.62 bits per heavy atom. The van der Waals surface area contributed by atoms with E-state index in [-0.39, 0.29) is 12.4 Å². The number of Topliss-reactive ketones (excluding diaryl/α,β-unsaturated/α-hetero) is 1. The maximum atomic E-state index is 12.0. The lowest BCUT2D eigenvalue weighted by Crippen LogP contribution is -2.04. The quantitative estimate of drug-likeness (QED) is 0.607. The largest absolute Gasteiger partial charge is 0.494 e. The molecule has 0 heterocycles. The number of ether oxygens (including phenoxy) is 1. The number of hydrogen-bond donors (Lipinski definition) is 1. The van der Waals surface area contributed by atoms with Crippen LogP contribution in [0.3, 0.4) is 0 Å². The Bertz CT molecular complexity index is 593. The van der Waals surface area contributed by atoms with Gasteiger partial charge in [0.1, 0.15) is 5.75 Å². The minimum absolute atomic E-state index is 0.000741. The molecule has 0 saturated heterocycles. The topological polar surface area (TPSA) is 46.5 Å². The van der Waals surface area contributed by atoms with E-state index in [0.29, 0.717) is 19.4 Å². The maximum Gasteiger partial charge on any atom is 0.163 e. The second kappa shape index (κ2) is 7.96. The Hall–Kier alpha value is -1.65. The third kappa shape index (κ3) is 4.99. The lowest BCUT2D eigenvalue weighted by Gasteiger charge is -2.07. The van der Waals surface area contributed by atoms with Crippen LogP contribution in [0, 0.1) is 0 Å². The van der Waals surface area contributed by atoms with E-state index in [1.54, 1.807) is 6.07 Å². The summed E-state index contributed by atoms with van der Waals surface area (Å²) in [4.78, 5) is 12.0. The number of aliphatic hydroxyl groups excluding tert-OH is 1. The molecule has 2 rings (SSSR count). The van der Waals surface area contributed by atoms with Gasteiger partial charge in [-0.1, -0.05) is 40.2 Å². The smallest absolute Gasteiger partial charge is 0.163 e. The molecule has 0 fully saturated rings. The van der Waals surface area contributed by atoms with Crippen LogP contribution in [0.25, 0.3) is 0 Å². The van der Waals surface area contributed by atoms with Crippen LogP contribution < -0.4 is 4.74 Å². The van der Waals surface area contributed by atoms with Gasteiger partial charge in [-0.2, -0.15) is 0 Å². The van der Waals surface area contributed by atoms with E-state index < -0.39 is 0 Å². The Kier molecular flexibility index (Phi) is 5.96. The maximum absolute atomic E-state index is 12.0. The highest BCUT2D eigenvalue weighted by molar-refractivity contribution is 9.10. The van der Waals surface area contributed by atoms with Gasteiger partial charge in [0.15, 0.2) is 5.78 Å². The van der Waals surface area contributed by atoms with Crippen molar-refractivity contribution in [3.63, 3.8) is 0 Å². The van der Waals surface area contributed by atoms with Crippen molar-refractivity contribution in [2.24, 2.45) is 0 Å². The summed E-state index contributed by atoms with van der Waals surface area (Å²) in [6.07, 6.45) is 1.12. The van der Waals surface area contributed by atoms with Crippen LogP contribution in [-0.2, 0) is 6.61 Å². The second-order valence-corrected chi connectivity index (χ2v) is 5.60. The third-order valence-corrected chi connectivity index (χ3v) is 3.59. The molecule has 3 nitrogen and oxygen atoms in total. The zero-order valence-corrected chi connectivity index (χ0v) is 13.2. The number of rotatable bonds is 7. The van der Waals surface area contributed by atoms with Crippen molar-refractivity contribution < 1.29 is 14.6 Å². The van der Waals surface area contributed by atoms with Crippen LogP contribution in [0.1, 0.15) is 28.8 Å². The van der Waals surface area contributed by atoms with Gasteiger partial charge < -0.3 is 9.84 Å². The molecule has 4 heteroatoms. The summed E-state index contributed by atoms with van der Waals surface area (Å²) in [6.45, 7) is 0.483. The van der Waals surface area contributed by atoms with Gasteiger partial charge in [-0.05, 0) is 36.2 Å². The van der Waals surface area contributed by atoms with Gasteiger partial charge in [0, 0.05) is 16.5 Å². The molecule has 0 aliphatic heterocycles. The summed E-state index contributed by atoms with van der Waals surface area (Å²) >= 11 is 3.35. The predicted molar refractivity (Wildman–Crippen MR) is 85.6 cm³/mol. The first kappa shape index (κ1) is 15.7. The van der Waals surface area contributed by atoms with Crippen LogP contribution >= 0.6 is 15.9 Å². The van der Waals surface area contributed by atoms with Crippen molar-refractivity contribution in [1.29, 1.82) is 0 Å². The molecule has 110 valence electrons. The standard InChI is InChI=1S/C17H17BrO3/c18-15-8-6-14(7-9-15)17(20)5-2-10-21-16-4-1-3-13(11-16)12-19/h1,3-4,6-9,11,19H,2,5,10,12H2. The van der Waals surface area contributed by atoms with Crippen molar-refractivity contribution in [2.45, 2.75) is 19.4 Å². The highest BCUT2D eigenvalue weighted by Gasteiger charge is 2.05. The number of carbonyl (C=O) groups is 1. The van der Waals surface area contributed by atoms with E-state index >= 15 is 0 Å². The van der Waals surface area contributed by atoms with Crippen molar-refractivity contribution >= 4 is 21.7 Å². The summed E-state index contributed by atoms with van der Waals surface area (Å²) in [5, 5.41) is 9.05. The second-order valence-electron chi connectivity index (χ2n) is 4.69. The summed E-state index contributed by atoms with van der Waals surface area (Å²) in [5.74, 6) is 0.841. The molecule has 0 aliphatic carbocycles. The highest BCUT2D eigenvalue weighted by Crippen LogP contribution is 2.15. The van der Waals surface area contributed by atoms with Crippen molar-refractivity contribution in [3.8, 4) is 5.75 Å². The molecule has 21 heavy (non-hydrogen) atoms. The number of hydrogen-bond acceptors (Lipinski definition) is 3. The highest BCUT2D eigenvalue weighted by atomic mass is 79.9. The number of carbonyl (C=O) groups excluding carboxylic acids is 1. The van der Waals surface area contributed by atoms with Crippen LogP contribution in [0.4, 0.5) is 0 Å². The predicted octanol–water partition coefficient (Wildman–Crippen LogP) is 3.98. The van der Waals surface area contributed by atoms with E-state index in [4.69, 9.17) is 9.84 Å². The van der Waals surface area contributed by atoms with Gasteiger partial charge in [-0.3, -0.25) is 4.79 Å². The number of ketones is 1. The van der Waals surface area contributed by atoms with Gasteiger partial charge in [-0.25, -0.2) is 0 Å². The molecule has 0 atom stereocenters. The first-order valence-electron chi connectivity index (χ1n) is 6.80. The molecule has 0 bridgehead atoms. The van der Waals surface area contributed by atoms with Crippen LogP contribution in [0.2, 0.25) is 0 Å². The minimum Gasteiger partial charge on any atom is -0.494 e. The zero-order valence-electron chi connectivity index (χ0n) is 11.6. The van der Waals surface area contributed by atoms with E-state index in [2.05, 4.69) is 15.9 Å². The van der Waals surface area contributed by atoms with Gasteiger partial charge in [0.05, 0.1) is 13.2 Å².